The maximum absolute atomic E-state index is 11.8. The fourth-order valence-corrected chi connectivity index (χ4v) is 2.99. The molecule has 114 valence electrons. The largest absolute Gasteiger partial charge is 0.411 e. The monoisotopic (exact) mass is 333 g/mol. The Morgan fingerprint density at radius 1 is 1.50 bits per heavy atom. The van der Waals surface area contributed by atoms with Crippen LogP contribution in [-0.2, 0) is 19.6 Å². The van der Waals surface area contributed by atoms with E-state index in [1.807, 2.05) is 0 Å². The summed E-state index contributed by atoms with van der Waals surface area (Å²) in [6.45, 7) is -1.02. The van der Waals surface area contributed by atoms with Gasteiger partial charge in [-0.05, 0) is 6.92 Å². The summed E-state index contributed by atoms with van der Waals surface area (Å²) in [6.07, 6.45) is -4.53. The van der Waals surface area contributed by atoms with E-state index in [0.29, 0.717) is 11.3 Å². The number of hydrogen-bond acceptors (Lipinski definition) is 6. The number of nitrogens with two attached hydrogens (primary N) is 1. The lowest BCUT2D eigenvalue weighted by atomic mass is 10.6. The van der Waals surface area contributed by atoms with Gasteiger partial charge >= 0.3 is 6.18 Å². The van der Waals surface area contributed by atoms with Crippen LogP contribution < -0.4 is 10.5 Å². The molecule has 12 heteroatoms. The molecule has 0 aliphatic carbocycles. The normalized spacial score (nSPS) is 12.4. The third kappa shape index (κ3) is 5.40. The van der Waals surface area contributed by atoms with Crippen LogP contribution >= 0.6 is 11.3 Å². The lowest BCUT2D eigenvalue weighted by molar-refractivity contribution is -0.174. The average Bonchev–Trinajstić information content (AvgIpc) is 2.56. The van der Waals surface area contributed by atoms with E-state index in [-0.39, 0.29) is 15.0 Å². The van der Waals surface area contributed by atoms with Gasteiger partial charge in [-0.25, -0.2) is 18.5 Å². The van der Waals surface area contributed by atoms with Gasteiger partial charge in [0.1, 0.15) is 13.2 Å². The van der Waals surface area contributed by atoms with E-state index < -0.39 is 35.3 Å². The smallest absolute Gasteiger partial charge is 0.362 e. The molecule has 0 spiro atoms. The number of halogens is 3. The average molecular weight is 333 g/mol. The minimum absolute atomic E-state index is 0.0870. The molecule has 1 heterocycles. The van der Waals surface area contributed by atoms with Crippen LogP contribution in [0.5, 0.6) is 0 Å². The number of nitrogens with one attached hydrogen (secondary N) is 1. The van der Waals surface area contributed by atoms with Crippen molar-refractivity contribution in [1.29, 1.82) is 0 Å². The van der Waals surface area contributed by atoms with Crippen molar-refractivity contribution < 1.29 is 31.1 Å². The number of rotatable bonds is 5. The molecule has 0 saturated carbocycles. The number of sulfonamides is 1. The van der Waals surface area contributed by atoms with Gasteiger partial charge in [-0.3, -0.25) is 10.1 Å². The summed E-state index contributed by atoms with van der Waals surface area (Å²) >= 11 is 0.600. The van der Waals surface area contributed by atoms with Crippen LogP contribution in [0.1, 0.15) is 5.69 Å². The van der Waals surface area contributed by atoms with Crippen molar-refractivity contribution in [2.45, 2.75) is 17.3 Å². The summed E-state index contributed by atoms with van der Waals surface area (Å²) in [5.74, 6) is -0.885. The van der Waals surface area contributed by atoms with Gasteiger partial charge in [0.05, 0.1) is 5.69 Å². The van der Waals surface area contributed by atoms with Crippen molar-refractivity contribution >= 4 is 32.4 Å². The molecular formula is C8H10F3N3O4S2. The topological polar surface area (TPSA) is 111 Å². The van der Waals surface area contributed by atoms with E-state index >= 15 is 0 Å². The van der Waals surface area contributed by atoms with Crippen molar-refractivity contribution in [3.63, 3.8) is 0 Å². The number of anilines is 1. The SMILES string of the molecule is Cc1nc(NC(=O)COCC(F)(F)F)sc1S(N)(=O)=O. The van der Waals surface area contributed by atoms with Gasteiger partial charge in [-0.15, -0.1) is 0 Å². The standard InChI is InChI=1S/C8H10F3N3O4S2/c1-4-6(20(12,16)17)19-7(13-4)14-5(15)2-18-3-8(9,10)11/h2-3H2,1H3,(H2,12,16,17)(H,13,14,15). The highest BCUT2D eigenvalue weighted by Crippen LogP contribution is 2.25. The summed E-state index contributed by atoms with van der Waals surface area (Å²) in [4.78, 5) is 15.0. The van der Waals surface area contributed by atoms with E-state index in [4.69, 9.17) is 5.14 Å². The zero-order valence-corrected chi connectivity index (χ0v) is 11.7. The minimum Gasteiger partial charge on any atom is -0.362 e. The Morgan fingerprint density at radius 3 is 2.55 bits per heavy atom. The maximum atomic E-state index is 11.8. The molecule has 0 atom stereocenters. The summed E-state index contributed by atoms with van der Waals surface area (Å²) in [5, 5.41) is 6.94. The van der Waals surface area contributed by atoms with E-state index in [9.17, 15) is 26.4 Å². The Kier molecular flexibility index (Phi) is 5.07. The van der Waals surface area contributed by atoms with Crippen LogP contribution in [0, 0.1) is 6.92 Å². The van der Waals surface area contributed by atoms with Crippen LogP contribution in [-0.4, -0.2) is 38.7 Å². The van der Waals surface area contributed by atoms with E-state index in [2.05, 4.69) is 15.0 Å². The number of aryl methyl sites for hydroxylation is 1. The molecule has 0 bridgehead atoms. The third-order valence-corrected chi connectivity index (χ3v) is 4.38. The molecule has 20 heavy (non-hydrogen) atoms. The van der Waals surface area contributed by atoms with Crippen molar-refractivity contribution in [3.05, 3.63) is 5.69 Å². The highest BCUT2D eigenvalue weighted by atomic mass is 32.2. The van der Waals surface area contributed by atoms with Gasteiger partial charge in [0.15, 0.2) is 9.34 Å². The molecule has 0 aliphatic rings. The molecule has 3 N–H and O–H groups in total. The maximum Gasteiger partial charge on any atom is 0.411 e. The molecule has 0 fully saturated rings. The van der Waals surface area contributed by atoms with E-state index in [0.717, 1.165) is 0 Å². The summed E-state index contributed by atoms with van der Waals surface area (Å²) in [6, 6.07) is 0. The molecule has 0 aromatic carbocycles. The number of carbonyl (C=O) groups is 1. The molecular weight excluding hydrogens is 323 g/mol. The number of thiazole rings is 1. The van der Waals surface area contributed by atoms with Crippen molar-refractivity contribution in [3.8, 4) is 0 Å². The van der Waals surface area contributed by atoms with Crippen molar-refractivity contribution in [1.82, 2.24) is 4.98 Å². The Labute approximate surface area is 116 Å². The Bertz CT molecular complexity index is 597. The van der Waals surface area contributed by atoms with Gasteiger partial charge in [-0.2, -0.15) is 13.2 Å². The van der Waals surface area contributed by atoms with Crippen LogP contribution in [0.2, 0.25) is 0 Å². The number of amides is 1. The highest BCUT2D eigenvalue weighted by Gasteiger charge is 2.28. The van der Waals surface area contributed by atoms with Crippen LogP contribution in [0.3, 0.4) is 0 Å². The van der Waals surface area contributed by atoms with Crippen LogP contribution in [0.15, 0.2) is 4.21 Å². The Morgan fingerprint density at radius 2 is 2.10 bits per heavy atom. The molecule has 1 aromatic heterocycles. The summed E-state index contributed by atoms with van der Waals surface area (Å²) in [5.41, 5.74) is 0.0870. The first kappa shape index (κ1) is 16.8. The van der Waals surface area contributed by atoms with Crippen molar-refractivity contribution in [2.75, 3.05) is 18.5 Å². The van der Waals surface area contributed by atoms with E-state index in [1.165, 1.54) is 6.92 Å². The number of aromatic nitrogens is 1. The molecule has 1 rings (SSSR count). The fraction of sp³-hybridized carbons (Fsp3) is 0.500. The Hall–Kier alpha value is -1.24. The first-order valence-corrected chi connectivity index (χ1v) is 7.30. The van der Waals surface area contributed by atoms with Crippen LogP contribution in [0.4, 0.5) is 18.3 Å². The fourth-order valence-electron chi connectivity index (χ4n) is 1.11. The van der Waals surface area contributed by atoms with Gasteiger partial charge < -0.3 is 4.74 Å². The number of ether oxygens (including phenoxy) is 1. The molecule has 7 nitrogen and oxygen atoms in total. The van der Waals surface area contributed by atoms with Gasteiger partial charge in [0, 0.05) is 0 Å². The molecule has 0 unspecified atom stereocenters. The molecule has 0 saturated heterocycles. The molecule has 1 aromatic rings. The number of nitrogens with zero attached hydrogens (tertiary/aromatic N) is 1. The number of hydrogen-bond donors (Lipinski definition) is 2. The lowest BCUT2D eigenvalue weighted by Crippen LogP contribution is -2.23. The zero-order valence-electron chi connectivity index (χ0n) is 10.0. The number of alkyl halides is 3. The predicted octanol–water partition coefficient (Wildman–Crippen LogP) is 0.616. The zero-order chi connectivity index (χ0) is 15.6. The second-order valence-electron chi connectivity index (χ2n) is 3.59. The quantitative estimate of drug-likeness (QED) is 0.820. The highest BCUT2D eigenvalue weighted by molar-refractivity contribution is 7.91. The molecule has 1 amide bonds. The second kappa shape index (κ2) is 6.03. The van der Waals surface area contributed by atoms with Crippen molar-refractivity contribution in [2.24, 2.45) is 5.14 Å². The second-order valence-corrected chi connectivity index (χ2v) is 6.35. The lowest BCUT2D eigenvalue weighted by Gasteiger charge is -2.06. The first-order valence-electron chi connectivity index (χ1n) is 4.93. The third-order valence-electron chi connectivity index (χ3n) is 1.76. The molecule has 0 aliphatic heterocycles. The van der Waals surface area contributed by atoms with E-state index in [1.54, 1.807) is 0 Å². The summed E-state index contributed by atoms with van der Waals surface area (Å²) < 4.78 is 61.5. The van der Waals surface area contributed by atoms with Gasteiger partial charge in [-0.1, -0.05) is 11.3 Å². The predicted molar refractivity (Wildman–Crippen MR) is 63.7 cm³/mol. The Balaban J connectivity index is 2.60. The first-order chi connectivity index (χ1) is 8.99. The van der Waals surface area contributed by atoms with Gasteiger partial charge in [0.2, 0.25) is 10.0 Å². The number of primary sulfonamides is 1. The molecule has 0 radical (unpaired) electrons. The summed E-state index contributed by atoms with van der Waals surface area (Å²) in [7, 11) is -3.96. The number of carbonyl (C=O) groups excluding carboxylic acids is 1. The van der Waals surface area contributed by atoms with Gasteiger partial charge in [0.25, 0.3) is 5.91 Å². The minimum atomic E-state index is -4.53. The van der Waals surface area contributed by atoms with Crippen LogP contribution in [0.25, 0.3) is 0 Å².